The summed E-state index contributed by atoms with van der Waals surface area (Å²) in [5, 5.41) is 0. The van der Waals surface area contributed by atoms with Gasteiger partial charge in [-0.15, -0.1) is 0 Å². The summed E-state index contributed by atoms with van der Waals surface area (Å²) >= 11 is 0. The number of hydrogen-bond acceptors (Lipinski definition) is 4. The van der Waals surface area contributed by atoms with E-state index in [1.165, 1.54) is 44.9 Å². The van der Waals surface area contributed by atoms with Crippen LogP contribution in [0.4, 0.5) is 0 Å². The molecule has 4 nitrogen and oxygen atoms in total. The summed E-state index contributed by atoms with van der Waals surface area (Å²) in [6.45, 7) is 7.60. The fraction of sp³-hybridized carbons (Fsp3) is 0.923. The van der Waals surface area contributed by atoms with Crippen molar-refractivity contribution in [3.8, 4) is 0 Å². The zero-order valence-electron chi connectivity index (χ0n) is 20.1. The van der Waals surface area contributed by atoms with Crippen LogP contribution in [0.25, 0.3) is 0 Å². The van der Waals surface area contributed by atoms with Gasteiger partial charge in [-0.3, -0.25) is 9.59 Å². The van der Waals surface area contributed by atoms with Gasteiger partial charge in [0.15, 0.2) is 0 Å². The number of unbranched alkanes of at least 4 members (excludes halogenated alkanes) is 7. The predicted octanol–water partition coefficient (Wildman–Crippen LogP) is 7.24. The maximum atomic E-state index is 12.8. The Labute approximate surface area is 185 Å². The van der Waals surface area contributed by atoms with Crippen LogP contribution >= 0.6 is 0 Å². The van der Waals surface area contributed by atoms with Crippen LogP contribution in [0.5, 0.6) is 0 Å². The molecule has 0 aromatic heterocycles. The van der Waals surface area contributed by atoms with Crippen molar-refractivity contribution in [1.29, 1.82) is 0 Å². The Balaban J connectivity index is 2.41. The van der Waals surface area contributed by atoms with Crippen LogP contribution in [0, 0.1) is 17.8 Å². The average Bonchev–Trinajstić information content (AvgIpc) is 2.76. The average molecular weight is 425 g/mol. The van der Waals surface area contributed by atoms with Gasteiger partial charge in [-0.2, -0.15) is 0 Å². The third-order valence-electron chi connectivity index (χ3n) is 6.49. The molecular weight excluding hydrogens is 376 g/mol. The van der Waals surface area contributed by atoms with E-state index >= 15 is 0 Å². The molecule has 1 fully saturated rings. The molecule has 1 rings (SSSR count). The molecule has 4 heteroatoms. The molecule has 0 spiro atoms. The Morgan fingerprint density at radius 2 is 1.27 bits per heavy atom. The molecule has 176 valence electrons. The van der Waals surface area contributed by atoms with Crippen molar-refractivity contribution in [1.82, 2.24) is 0 Å². The molecule has 0 saturated heterocycles. The number of rotatable bonds is 17. The van der Waals surface area contributed by atoms with Crippen LogP contribution < -0.4 is 0 Å². The maximum absolute atomic E-state index is 12.8. The summed E-state index contributed by atoms with van der Waals surface area (Å²) in [6.07, 6.45) is 17.5. The predicted molar refractivity (Wildman–Crippen MR) is 123 cm³/mol. The quantitative estimate of drug-likeness (QED) is 0.182. The molecule has 1 saturated carbocycles. The van der Waals surface area contributed by atoms with Crippen molar-refractivity contribution in [2.75, 3.05) is 13.2 Å². The van der Waals surface area contributed by atoms with Gasteiger partial charge in [0, 0.05) is 0 Å². The molecule has 1 aliphatic rings. The van der Waals surface area contributed by atoms with Gasteiger partial charge in [0.1, 0.15) is 0 Å². The van der Waals surface area contributed by atoms with E-state index in [0.717, 1.165) is 57.8 Å². The summed E-state index contributed by atoms with van der Waals surface area (Å²) in [7, 11) is 0. The lowest BCUT2D eigenvalue weighted by atomic mass is 9.79. The number of ether oxygens (including phenoxy) is 2. The first-order chi connectivity index (χ1) is 14.6. The van der Waals surface area contributed by atoms with Gasteiger partial charge in [-0.1, -0.05) is 91.4 Å². The van der Waals surface area contributed by atoms with Crippen LogP contribution in [-0.2, 0) is 19.1 Å². The summed E-state index contributed by atoms with van der Waals surface area (Å²) in [5.74, 6) is -0.525. The van der Waals surface area contributed by atoms with E-state index in [-0.39, 0.29) is 23.8 Å². The van der Waals surface area contributed by atoms with Gasteiger partial charge in [-0.25, -0.2) is 0 Å². The van der Waals surface area contributed by atoms with E-state index in [1.807, 2.05) is 0 Å². The summed E-state index contributed by atoms with van der Waals surface area (Å²) < 4.78 is 11.3. The van der Waals surface area contributed by atoms with E-state index in [4.69, 9.17) is 9.47 Å². The molecule has 0 N–H and O–H groups in total. The third kappa shape index (κ3) is 11.4. The minimum atomic E-state index is -0.311. The van der Waals surface area contributed by atoms with Crippen LogP contribution in [0.15, 0.2) is 0 Å². The van der Waals surface area contributed by atoms with Gasteiger partial charge in [0.25, 0.3) is 0 Å². The highest BCUT2D eigenvalue weighted by atomic mass is 16.5. The van der Waals surface area contributed by atoms with Crippen LogP contribution in [0.1, 0.15) is 124 Å². The highest BCUT2D eigenvalue weighted by Gasteiger charge is 2.38. The first-order valence-electron chi connectivity index (χ1n) is 13.0. The Bertz CT molecular complexity index is 448. The summed E-state index contributed by atoms with van der Waals surface area (Å²) in [5.41, 5.74) is 0. The molecule has 0 aliphatic heterocycles. The van der Waals surface area contributed by atoms with Crippen LogP contribution in [0.3, 0.4) is 0 Å². The lowest BCUT2D eigenvalue weighted by Crippen LogP contribution is -2.35. The molecule has 0 heterocycles. The van der Waals surface area contributed by atoms with E-state index in [9.17, 15) is 9.59 Å². The van der Waals surface area contributed by atoms with Crippen molar-refractivity contribution in [2.24, 2.45) is 17.8 Å². The molecule has 3 unspecified atom stereocenters. The monoisotopic (exact) mass is 424 g/mol. The minimum absolute atomic E-state index is 0.173. The maximum Gasteiger partial charge on any atom is 0.309 e. The van der Waals surface area contributed by atoms with E-state index < -0.39 is 0 Å². The van der Waals surface area contributed by atoms with Crippen molar-refractivity contribution in [3.05, 3.63) is 0 Å². The van der Waals surface area contributed by atoms with Crippen LogP contribution in [-0.4, -0.2) is 25.2 Å². The van der Waals surface area contributed by atoms with Crippen LogP contribution in [0.2, 0.25) is 0 Å². The second kappa shape index (κ2) is 17.6. The topological polar surface area (TPSA) is 52.6 Å². The van der Waals surface area contributed by atoms with Crippen molar-refractivity contribution >= 4 is 11.9 Å². The molecule has 0 bridgehead atoms. The molecule has 1 aliphatic carbocycles. The third-order valence-corrected chi connectivity index (χ3v) is 6.49. The van der Waals surface area contributed by atoms with Crippen molar-refractivity contribution < 1.29 is 19.1 Å². The van der Waals surface area contributed by atoms with E-state index in [0.29, 0.717) is 19.1 Å². The number of hydrogen-bond donors (Lipinski definition) is 0. The highest BCUT2D eigenvalue weighted by Crippen LogP contribution is 2.32. The Morgan fingerprint density at radius 1 is 0.700 bits per heavy atom. The number of carbonyl (C=O) groups excluding carboxylic acids is 2. The highest BCUT2D eigenvalue weighted by molar-refractivity contribution is 5.82. The van der Waals surface area contributed by atoms with Crippen molar-refractivity contribution in [2.45, 2.75) is 124 Å². The normalized spacial score (nSPS) is 20.0. The first-order valence-corrected chi connectivity index (χ1v) is 13.0. The molecule has 0 amide bonds. The summed E-state index contributed by atoms with van der Waals surface area (Å²) in [4.78, 5) is 25.4. The lowest BCUT2D eigenvalue weighted by molar-refractivity contribution is -0.163. The molecule has 0 radical (unpaired) electrons. The minimum Gasteiger partial charge on any atom is -0.465 e. The van der Waals surface area contributed by atoms with E-state index in [2.05, 4.69) is 20.8 Å². The molecule has 3 atom stereocenters. The largest absolute Gasteiger partial charge is 0.465 e. The molecule has 30 heavy (non-hydrogen) atoms. The second-order valence-electron chi connectivity index (χ2n) is 9.21. The molecular formula is C26H48O4. The summed E-state index contributed by atoms with van der Waals surface area (Å²) in [6, 6.07) is 0. The van der Waals surface area contributed by atoms with Gasteiger partial charge >= 0.3 is 11.9 Å². The first kappa shape index (κ1) is 27.0. The standard InChI is InChI=1S/C26H48O4/c1-4-7-9-10-11-15-20-29-25(27)23-18-13-14-19-24(23)26(28)30-21-22(16-6-3)17-12-8-5-2/h22-24H,4-21H2,1-3H3. The zero-order chi connectivity index (χ0) is 22.0. The van der Waals surface area contributed by atoms with Gasteiger partial charge in [0.05, 0.1) is 25.0 Å². The Morgan fingerprint density at radius 3 is 1.90 bits per heavy atom. The fourth-order valence-corrected chi connectivity index (χ4v) is 4.57. The van der Waals surface area contributed by atoms with Gasteiger partial charge < -0.3 is 9.47 Å². The number of esters is 2. The second-order valence-corrected chi connectivity index (χ2v) is 9.21. The molecule has 0 aromatic rings. The number of carbonyl (C=O) groups is 2. The SMILES string of the molecule is CCCCCCCCOC(=O)C1CCCCC1C(=O)OCC(CCC)CCCCC. The Hall–Kier alpha value is -1.06. The van der Waals surface area contributed by atoms with E-state index in [1.54, 1.807) is 0 Å². The zero-order valence-corrected chi connectivity index (χ0v) is 20.1. The van der Waals surface area contributed by atoms with Gasteiger partial charge in [0.2, 0.25) is 0 Å². The molecule has 0 aromatic carbocycles. The smallest absolute Gasteiger partial charge is 0.309 e. The van der Waals surface area contributed by atoms with Gasteiger partial charge in [-0.05, 0) is 38.0 Å². The Kier molecular flexibility index (Phi) is 15.8. The van der Waals surface area contributed by atoms with Crippen molar-refractivity contribution in [3.63, 3.8) is 0 Å². The lowest BCUT2D eigenvalue weighted by Gasteiger charge is -2.29. The fourth-order valence-electron chi connectivity index (χ4n) is 4.57.